The van der Waals surface area contributed by atoms with E-state index in [1.54, 1.807) is 72.8 Å². The maximum absolute atomic E-state index is 13.3. The van der Waals surface area contributed by atoms with Gasteiger partial charge in [0.05, 0.1) is 91.5 Å². The Morgan fingerprint density at radius 3 is 1.29 bits per heavy atom. The zero-order valence-corrected chi connectivity index (χ0v) is 46.6. The molecule has 0 fully saturated rings. The van der Waals surface area contributed by atoms with E-state index in [2.05, 4.69) is 39.5 Å². The van der Waals surface area contributed by atoms with Crippen molar-refractivity contribution in [1.29, 1.82) is 0 Å². The highest BCUT2D eigenvalue weighted by Crippen LogP contribution is 2.42. The van der Waals surface area contributed by atoms with Crippen LogP contribution in [0.5, 0.6) is 40.2 Å². The molecule has 0 N–H and O–H groups in total. The van der Waals surface area contributed by atoms with Crippen LogP contribution in [0.3, 0.4) is 0 Å². The Hall–Kier alpha value is -8.14. The Kier molecular flexibility index (Phi) is 34.6. The summed E-state index contributed by atoms with van der Waals surface area (Å²) in [6, 6.07) is 21.1. The van der Waals surface area contributed by atoms with Gasteiger partial charge in [0, 0.05) is 61.8 Å². The van der Waals surface area contributed by atoms with Crippen LogP contribution in [0.2, 0.25) is 0 Å². The third-order valence-corrected chi connectivity index (χ3v) is 10.7. The largest absolute Gasteiger partial charge is 0.502 e. The number of benzene rings is 4. The molecule has 0 aliphatic rings. The van der Waals surface area contributed by atoms with E-state index in [0.29, 0.717) is 130 Å². The van der Waals surface area contributed by atoms with Gasteiger partial charge in [0.25, 0.3) is 0 Å². The predicted molar refractivity (Wildman–Crippen MR) is 309 cm³/mol. The molecular formula is C63H76O19. The van der Waals surface area contributed by atoms with Crippen LogP contribution in [0.25, 0.3) is 23.3 Å². The summed E-state index contributed by atoms with van der Waals surface area (Å²) in [6.07, 6.45) is 17.8. The van der Waals surface area contributed by atoms with Crippen molar-refractivity contribution in [1.82, 2.24) is 0 Å². The lowest BCUT2D eigenvalue weighted by molar-refractivity contribution is -0.329. The number of hydrogen-bond donors (Lipinski definition) is 0. The fraction of sp³-hybridized carbons (Fsp3) is 0.333. The van der Waals surface area contributed by atoms with Gasteiger partial charge >= 0.3 is 11.9 Å². The molecule has 0 aliphatic heterocycles. The minimum absolute atomic E-state index is 0.114. The first-order chi connectivity index (χ1) is 40.3. The third kappa shape index (κ3) is 26.9. The van der Waals surface area contributed by atoms with Gasteiger partial charge < -0.3 is 52.1 Å². The molecule has 0 aliphatic carbocycles. The molecule has 82 heavy (non-hydrogen) atoms. The fourth-order valence-corrected chi connectivity index (χ4v) is 6.95. The van der Waals surface area contributed by atoms with Gasteiger partial charge in [0.1, 0.15) is 31.3 Å². The van der Waals surface area contributed by atoms with Crippen molar-refractivity contribution in [3.63, 3.8) is 0 Å². The van der Waals surface area contributed by atoms with Crippen LogP contribution in [0, 0.1) is 0 Å². The molecule has 19 heteroatoms. The molecule has 0 amide bonds. The lowest BCUT2D eigenvalue weighted by Gasteiger charge is -2.19. The molecule has 442 valence electrons. The molecule has 0 heterocycles. The van der Waals surface area contributed by atoms with Gasteiger partial charge in [0.2, 0.25) is 5.75 Å². The lowest BCUT2D eigenvalue weighted by Crippen LogP contribution is -2.11. The summed E-state index contributed by atoms with van der Waals surface area (Å²) >= 11 is 0. The van der Waals surface area contributed by atoms with Crippen LogP contribution in [0.15, 0.2) is 161 Å². The van der Waals surface area contributed by atoms with Crippen molar-refractivity contribution >= 4 is 24.1 Å². The number of carbonyl (C=O) groups is 2. The van der Waals surface area contributed by atoms with Gasteiger partial charge in [-0.25, -0.2) is 38.9 Å². The van der Waals surface area contributed by atoms with Crippen LogP contribution in [0.1, 0.15) is 48.8 Å². The van der Waals surface area contributed by atoms with E-state index in [1.165, 1.54) is 30.9 Å². The van der Waals surface area contributed by atoms with Crippen LogP contribution in [-0.4, -0.2) is 111 Å². The SMILES string of the molecule is C=CCOOCCCOc1ccc(/C=C/C(=O)Oc2ccc(-c3ccc(OC(=O)/C=C/c4ccc(OCCCOC=C)c(OCCCOC=C)c4CCOCOOCC=C)cc3)cc2)c(OCCCOC=C)c1OCCCOOCC=C. The minimum Gasteiger partial charge on any atom is -0.502 e. The summed E-state index contributed by atoms with van der Waals surface area (Å²) in [5, 5.41) is 0. The summed E-state index contributed by atoms with van der Waals surface area (Å²) in [5.41, 5.74) is 3.58. The average Bonchev–Trinajstić information content (AvgIpc) is 3.70. The first kappa shape index (κ1) is 66.4. The van der Waals surface area contributed by atoms with E-state index < -0.39 is 11.9 Å². The highest BCUT2D eigenvalue weighted by molar-refractivity contribution is 5.90. The smallest absolute Gasteiger partial charge is 0.336 e. The second-order valence-corrected chi connectivity index (χ2v) is 16.7. The van der Waals surface area contributed by atoms with Crippen LogP contribution in [0.4, 0.5) is 0 Å². The molecule has 0 saturated carbocycles. The normalized spacial score (nSPS) is 10.9. The van der Waals surface area contributed by atoms with Crippen molar-refractivity contribution < 1.29 is 91.0 Å². The molecule has 4 aromatic rings. The molecule has 0 atom stereocenters. The molecule has 0 radical (unpaired) electrons. The van der Waals surface area contributed by atoms with E-state index in [-0.39, 0.29) is 59.6 Å². The summed E-state index contributed by atoms with van der Waals surface area (Å²) in [7, 11) is 0. The Morgan fingerprint density at radius 1 is 0.390 bits per heavy atom. The number of ether oxygens (including phenoxy) is 11. The van der Waals surface area contributed by atoms with Crippen molar-refractivity contribution in [3.8, 4) is 51.4 Å². The van der Waals surface area contributed by atoms with E-state index >= 15 is 0 Å². The zero-order valence-electron chi connectivity index (χ0n) is 46.6. The highest BCUT2D eigenvalue weighted by atomic mass is 17.2. The molecule has 0 aromatic heterocycles. The molecule has 0 spiro atoms. The second-order valence-electron chi connectivity index (χ2n) is 16.7. The monoisotopic (exact) mass is 1140 g/mol. The number of hydrogen-bond acceptors (Lipinski definition) is 19. The Morgan fingerprint density at radius 2 is 0.805 bits per heavy atom. The van der Waals surface area contributed by atoms with E-state index in [0.717, 1.165) is 16.7 Å². The summed E-state index contributed by atoms with van der Waals surface area (Å²) in [4.78, 5) is 56.9. The third-order valence-electron chi connectivity index (χ3n) is 10.7. The number of esters is 2. The van der Waals surface area contributed by atoms with Gasteiger partial charge in [0.15, 0.2) is 29.8 Å². The molecule has 0 bridgehead atoms. The molecule has 0 unspecified atom stereocenters. The number of rotatable bonds is 49. The zero-order chi connectivity index (χ0) is 58.5. The molecule has 0 saturated heterocycles. The molecule has 4 aromatic carbocycles. The van der Waals surface area contributed by atoms with Gasteiger partial charge in [-0.2, -0.15) is 0 Å². The predicted octanol–water partition coefficient (Wildman–Crippen LogP) is 11.8. The summed E-state index contributed by atoms with van der Waals surface area (Å²) in [6.45, 7) is 25.6. The van der Waals surface area contributed by atoms with Crippen molar-refractivity contribution in [2.75, 3.05) is 99.3 Å². The van der Waals surface area contributed by atoms with E-state index in [4.69, 9.17) is 81.4 Å². The quantitative estimate of drug-likeness (QED) is 0.00466. The van der Waals surface area contributed by atoms with Crippen LogP contribution >= 0.6 is 0 Å². The van der Waals surface area contributed by atoms with Crippen LogP contribution < -0.4 is 33.2 Å². The summed E-state index contributed by atoms with van der Waals surface area (Å²) in [5.74, 6) is 1.49. The Balaban J connectivity index is 1.45. The fourth-order valence-electron chi connectivity index (χ4n) is 6.95. The van der Waals surface area contributed by atoms with E-state index in [1.807, 2.05) is 30.3 Å². The molecule has 19 nitrogen and oxygen atoms in total. The summed E-state index contributed by atoms with van der Waals surface area (Å²) < 4.78 is 63.9. The van der Waals surface area contributed by atoms with Crippen molar-refractivity contribution in [2.24, 2.45) is 0 Å². The highest BCUT2D eigenvalue weighted by Gasteiger charge is 2.19. The second kappa shape index (κ2) is 42.7. The Bertz CT molecular complexity index is 2570. The standard InChI is InChI=1S/C63H76O19/c1-7-35-75-78-46-16-42-71-58-31-23-53(61(72-43-14-39-67-11-5)63(58)74-45-17-47-79-76-36-8-2)25-33-60(65)82-55-28-20-51(21-29-55)50-18-26-54(27-19-50)81-59(64)32-24-52-22-30-57(70-41-13-38-66-10-4)62(73-44-15-40-68-12-6)56(52)34-48-69-49-80-77-37-9-3/h7-12,18-33H,1-6,13-17,34-49H2/b32-24+,33-25+. The minimum atomic E-state index is -0.635. The Labute approximate surface area is 480 Å². The topological polar surface area (TPSA) is 191 Å². The van der Waals surface area contributed by atoms with Crippen molar-refractivity contribution in [3.05, 3.63) is 178 Å². The van der Waals surface area contributed by atoms with Crippen molar-refractivity contribution in [2.45, 2.75) is 38.5 Å². The maximum atomic E-state index is 13.3. The maximum Gasteiger partial charge on any atom is 0.336 e. The lowest BCUT2D eigenvalue weighted by atomic mass is 10.0. The van der Waals surface area contributed by atoms with Crippen LogP contribution in [-0.2, 0) is 64.3 Å². The first-order valence-electron chi connectivity index (χ1n) is 26.6. The molecule has 4 rings (SSSR count). The van der Waals surface area contributed by atoms with Gasteiger partial charge in [-0.05, 0) is 71.3 Å². The van der Waals surface area contributed by atoms with E-state index in [9.17, 15) is 9.59 Å². The first-order valence-corrected chi connectivity index (χ1v) is 26.6. The average molecular weight is 1140 g/mol. The number of carbonyl (C=O) groups excluding carboxylic acids is 2. The van der Waals surface area contributed by atoms with Gasteiger partial charge in [-0.3, -0.25) is 0 Å². The molecular weight excluding hydrogens is 1060 g/mol. The van der Waals surface area contributed by atoms with Gasteiger partial charge in [-0.1, -0.05) is 68.3 Å². The van der Waals surface area contributed by atoms with Gasteiger partial charge in [-0.15, -0.1) is 19.7 Å².